The maximum atomic E-state index is 13.0. The predicted octanol–water partition coefficient (Wildman–Crippen LogP) is 3.57. The molecule has 3 amide bonds. The van der Waals surface area contributed by atoms with Gasteiger partial charge in [0.05, 0.1) is 5.56 Å². The van der Waals surface area contributed by atoms with E-state index in [9.17, 15) is 9.59 Å². The molecule has 1 aliphatic heterocycles. The zero-order chi connectivity index (χ0) is 24.7. The van der Waals surface area contributed by atoms with Crippen LogP contribution in [0.4, 0.5) is 10.5 Å². The zero-order valence-corrected chi connectivity index (χ0v) is 20.0. The molecule has 0 bridgehead atoms. The number of hydrogen-bond acceptors (Lipinski definition) is 5. The first kappa shape index (κ1) is 23.5. The van der Waals surface area contributed by atoms with Crippen LogP contribution in [0.2, 0.25) is 0 Å². The molecular weight excluding hydrogens is 454 g/mol. The van der Waals surface area contributed by atoms with E-state index >= 15 is 0 Å². The average Bonchev–Trinajstić information content (AvgIpc) is 3.57. The van der Waals surface area contributed by atoms with Crippen LogP contribution in [-0.2, 0) is 6.54 Å². The Balaban J connectivity index is 1.25. The molecule has 3 aromatic heterocycles. The van der Waals surface area contributed by atoms with Crippen LogP contribution in [0.5, 0.6) is 0 Å². The van der Waals surface area contributed by atoms with Crippen molar-refractivity contribution in [2.24, 2.45) is 0 Å². The maximum Gasteiger partial charge on any atom is 0.319 e. The molecule has 184 valence electrons. The smallest absolute Gasteiger partial charge is 0.319 e. The summed E-state index contributed by atoms with van der Waals surface area (Å²) in [5.41, 5.74) is 3.72. The minimum absolute atomic E-state index is 0.102. The van der Waals surface area contributed by atoms with E-state index in [2.05, 4.69) is 30.8 Å². The summed E-state index contributed by atoms with van der Waals surface area (Å²) in [5, 5.41) is 9.51. The van der Waals surface area contributed by atoms with E-state index in [-0.39, 0.29) is 11.9 Å². The highest BCUT2D eigenvalue weighted by Crippen LogP contribution is 2.24. The Bertz CT molecular complexity index is 1330. The lowest BCUT2D eigenvalue weighted by Crippen LogP contribution is -2.33. The van der Waals surface area contributed by atoms with Gasteiger partial charge in [0.25, 0.3) is 5.91 Å². The molecule has 0 radical (unpaired) electrons. The maximum absolute atomic E-state index is 13.0. The number of carbonyl (C=O) groups is 2. The molecule has 4 aromatic rings. The van der Waals surface area contributed by atoms with E-state index in [1.807, 2.05) is 59.3 Å². The second-order valence-electron chi connectivity index (χ2n) is 8.81. The standard InChI is InChI=1S/C27H29N7O2/c35-26(30-13-16-33-14-1-2-15-33)24-19-34(25-23(24)6-4-12-29-25)22-9-7-21(8-10-22)32-27(36)31-18-20-5-3-11-28-17-20/h3-12,17,19H,1-2,13-16,18H2,(H,30,35)(H2,31,32,36). The number of hydrogen-bond donors (Lipinski definition) is 3. The Hall–Kier alpha value is -4.24. The minimum atomic E-state index is -0.299. The molecular formula is C27H29N7O2. The molecule has 0 saturated carbocycles. The number of benzene rings is 1. The number of fused-ring (bicyclic) bond motifs is 1. The van der Waals surface area contributed by atoms with Crippen molar-refractivity contribution >= 4 is 28.7 Å². The van der Waals surface area contributed by atoms with Crippen molar-refractivity contribution in [1.82, 2.24) is 30.1 Å². The zero-order valence-electron chi connectivity index (χ0n) is 20.0. The van der Waals surface area contributed by atoms with Crippen molar-refractivity contribution in [3.63, 3.8) is 0 Å². The van der Waals surface area contributed by atoms with Gasteiger partial charge in [-0.2, -0.15) is 0 Å². The summed E-state index contributed by atoms with van der Waals surface area (Å²) < 4.78 is 1.90. The summed E-state index contributed by atoms with van der Waals surface area (Å²) in [4.78, 5) is 36.2. The van der Waals surface area contributed by atoms with Gasteiger partial charge in [-0.15, -0.1) is 0 Å². The van der Waals surface area contributed by atoms with Crippen molar-refractivity contribution in [3.05, 3.63) is 84.4 Å². The number of anilines is 1. The van der Waals surface area contributed by atoms with Gasteiger partial charge in [0, 0.05) is 61.2 Å². The first-order chi connectivity index (χ1) is 17.7. The Morgan fingerprint density at radius 1 is 0.944 bits per heavy atom. The van der Waals surface area contributed by atoms with E-state index < -0.39 is 0 Å². The van der Waals surface area contributed by atoms with Gasteiger partial charge in [-0.1, -0.05) is 6.07 Å². The van der Waals surface area contributed by atoms with Crippen molar-refractivity contribution in [2.45, 2.75) is 19.4 Å². The fourth-order valence-corrected chi connectivity index (χ4v) is 4.43. The van der Waals surface area contributed by atoms with Crippen molar-refractivity contribution in [1.29, 1.82) is 0 Å². The summed E-state index contributed by atoms with van der Waals surface area (Å²) in [6, 6.07) is 14.6. The van der Waals surface area contributed by atoms with Crippen LogP contribution >= 0.6 is 0 Å². The lowest BCUT2D eigenvalue weighted by Gasteiger charge is -2.14. The Morgan fingerprint density at radius 2 is 1.75 bits per heavy atom. The summed E-state index contributed by atoms with van der Waals surface area (Å²) in [5.74, 6) is -0.102. The molecule has 0 atom stereocenters. The normalized spacial score (nSPS) is 13.6. The third-order valence-electron chi connectivity index (χ3n) is 6.30. The molecule has 9 heteroatoms. The molecule has 4 heterocycles. The molecule has 36 heavy (non-hydrogen) atoms. The fraction of sp³-hybridized carbons (Fsp3) is 0.259. The van der Waals surface area contributed by atoms with Crippen LogP contribution in [0, 0.1) is 0 Å². The summed E-state index contributed by atoms with van der Waals surface area (Å²) in [7, 11) is 0. The van der Waals surface area contributed by atoms with Crippen molar-refractivity contribution in [2.75, 3.05) is 31.5 Å². The van der Waals surface area contributed by atoms with Crippen LogP contribution < -0.4 is 16.0 Å². The molecule has 1 fully saturated rings. The van der Waals surface area contributed by atoms with E-state index in [4.69, 9.17) is 0 Å². The third kappa shape index (κ3) is 5.52. The van der Waals surface area contributed by atoms with Gasteiger partial charge in [0.15, 0.2) is 0 Å². The van der Waals surface area contributed by atoms with Crippen LogP contribution in [0.15, 0.2) is 73.3 Å². The summed E-state index contributed by atoms with van der Waals surface area (Å²) >= 11 is 0. The second-order valence-corrected chi connectivity index (χ2v) is 8.81. The van der Waals surface area contributed by atoms with Gasteiger partial charge in [0.1, 0.15) is 5.65 Å². The highest BCUT2D eigenvalue weighted by molar-refractivity contribution is 6.06. The Morgan fingerprint density at radius 3 is 2.53 bits per heavy atom. The molecule has 1 aromatic carbocycles. The minimum Gasteiger partial charge on any atom is -0.351 e. The number of amides is 3. The number of rotatable bonds is 8. The van der Waals surface area contributed by atoms with Crippen LogP contribution in [-0.4, -0.2) is 57.6 Å². The topological polar surface area (TPSA) is 104 Å². The number of nitrogens with one attached hydrogen (secondary N) is 3. The molecule has 1 saturated heterocycles. The summed E-state index contributed by atoms with van der Waals surface area (Å²) in [6.07, 6.45) is 9.42. The SMILES string of the molecule is O=C(NCc1cccnc1)Nc1ccc(-n2cc(C(=O)NCCN3CCCC3)c3cccnc32)cc1. The number of likely N-dealkylation sites (tertiary alicyclic amines) is 1. The average molecular weight is 484 g/mol. The molecule has 3 N–H and O–H groups in total. The van der Waals surface area contributed by atoms with Crippen LogP contribution in [0.1, 0.15) is 28.8 Å². The number of aromatic nitrogens is 3. The molecule has 0 unspecified atom stereocenters. The number of urea groups is 1. The highest BCUT2D eigenvalue weighted by atomic mass is 16.2. The quantitative estimate of drug-likeness (QED) is 0.356. The van der Waals surface area contributed by atoms with E-state index in [1.54, 1.807) is 18.6 Å². The molecule has 1 aliphatic rings. The van der Waals surface area contributed by atoms with Crippen LogP contribution in [0.25, 0.3) is 16.7 Å². The van der Waals surface area contributed by atoms with E-state index in [0.717, 1.165) is 36.3 Å². The summed E-state index contributed by atoms with van der Waals surface area (Å²) in [6.45, 7) is 4.09. The van der Waals surface area contributed by atoms with E-state index in [1.165, 1.54) is 12.8 Å². The lowest BCUT2D eigenvalue weighted by atomic mass is 10.2. The first-order valence-electron chi connectivity index (χ1n) is 12.2. The second kappa shape index (κ2) is 11.0. The van der Waals surface area contributed by atoms with Gasteiger partial charge >= 0.3 is 6.03 Å². The Kier molecular flexibility index (Phi) is 7.18. The van der Waals surface area contributed by atoms with Gasteiger partial charge < -0.3 is 25.4 Å². The largest absolute Gasteiger partial charge is 0.351 e. The monoisotopic (exact) mass is 483 g/mol. The number of carbonyl (C=O) groups excluding carboxylic acids is 2. The van der Waals surface area contributed by atoms with Gasteiger partial charge in [0.2, 0.25) is 0 Å². The van der Waals surface area contributed by atoms with Crippen LogP contribution in [0.3, 0.4) is 0 Å². The highest BCUT2D eigenvalue weighted by Gasteiger charge is 2.17. The Labute approximate surface area is 209 Å². The molecule has 0 spiro atoms. The van der Waals surface area contributed by atoms with Gasteiger partial charge in [-0.25, -0.2) is 9.78 Å². The third-order valence-corrected chi connectivity index (χ3v) is 6.30. The van der Waals surface area contributed by atoms with Crippen molar-refractivity contribution < 1.29 is 9.59 Å². The fourth-order valence-electron chi connectivity index (χ4n) is 4.43. The van der Waals surface area contributed by atoms with Gasteiger partial charge in [-0.05, 0) is 74.0 Å². The van der Waals surface area contributed by atoms with Crippen molar-refractivity contribution in [3.8, 4) is 5.69 Å². The molecule has 9 nitrogen and oxygen atoms in total. The number of pyridine rings is 2. The predicted molar refractivity (Wildman–Crippen MR) is 139 cm³/mol. The molecule has 5 rings (SSSR count). The number of nitrogens with zero attached hydrogens (tertiary/aromatic N) is 4. The molecule has 0 aliphatic carbocycles. The lowest BCUT2D eigenvalue weighted by molar-refractivity contribution is 0.0951. The van der Waals surface area contributed by atoms with E-state index in [0.29, 0.717) is 30.0 Å². The van der Waals surface area contributed by atoms with Gasteiger partial charge in [-0.3, -0.25) is 9.78 Å². The first-order valence-corrected chi connectivity index (χ1v) is 12.2.